The van der Waals surface area contributed by atoms with Crippen molar-refractivity contribution in [3.05, 3.63) is 41.9 Å². The lowest BCUT2D eigenvalue weighted by Gasteiger charge is -2.02. The Morgan fingerprint density at radius 1 is 1.28 bits per heavy atom. The number of hydrogen-bond donors (Lipinski definition) is 2. The normalized spacial score (nSPS) is 12.7. The number of H-pyrrole nitrogens is 1. The van der Waals surface area contributed by atoms with Gasteiger partial charge in [0.25, 0.3) is 0 Å². The average Bonchev–Trinajstić information content (AvgIpc) is 2.73. The van der Waals surface area contributed by atoms with Crippen LogP contribution in [0.1, 0.15) is 19.2 Å². The first-order valence-electron chi connectivity index (χ1n) is 5.80. The largest absolute Gasteiger partial charge is 0.342 e. The minimum atomic E-state index is -0.600. The van der Waals surface area contributed by atoms with E-state index in [4.69, 9.17) is 5.73 Å². The van der Waals surface area contributed by atoms with Gasteiger partial charge in [-0.05, 0) is 25.5 Å². The smallest absolute Gasteiger partial charge is 0.126 e. The maximum absolute atomic E-state index is 13.1. The number of halogens is 2. The van der Waals surface area contributed by atoms with Gasteiger partial charge in [0.15, 0.2) is 0 Å². The van der Waals surface area contributed by atoms with E-state index >= 15 is 0 Å². The van der Waals surface area contributed by atoms with Gasteiger partial charge in [-0.1, -0.05) is 0 Å². The van der Waals surface area contributed by atoms with Crippen molar-refractivity contribution in [2.45, 2.75) is 25.8 Å². The van der Waals surface area contributed by atoms with E-state index in [0.717, 1.165) is 24.7 Å². The molecule has 96 valence electrons. The van der Waals surface area contributed by atoms with Crippen LogP contribution in [0.15, 0.2) is 24.4 Å². The third-order valence-corrected chi connectivity index (χ3v) is 2.64. The number of aromatic amines is 1. The zero-order valence-electron chi connectivity index (χ0n) is 10.1. The number of benzene rings is 1. The molecule has 0 aliphatic rings. The Balaban J connectivity index is 2.18. The summed E-state index contributed by atoms with van der Waals surface area (Å²) in [6, 6.07) is 3.49. The zero-order valence-corrected chi connectivity index (χ0v) is 10.1. The molecule has 1 heterocycles. The van der Waals surface area contributed by atoms with Gasteiger partial charge in [-0.3, -0.25) is 0 Å². The van der Waals surface area contributed by atoms with E-state index in [0.29, 0.717) is 11.3 Å². The highest BCUT2D eigenvalue weighted by molar-refractivity contribution is 5.58. The second-order valence-electron chi connectivity index (χ2n) is 4.42. The van der Waals surface area contributed by atoms with Crippen molar-refractivity contribution >= 4 is 0 Å². The zero-order chi connectivity index (χ0) is 13.1. The van der Waals surface area contributed by atoms with Crippen molar-refractivity contribution in [2.75, 3.05) is 0 Å². The van der Waals surface area contributed by atoms with Crippen molar-refractivity contribution in [1.29, 1.82) is 0 Å². The van der Waals surface area contributed by atoms with Crippen LogP contribution in [0.3, 0.4) is 0 Å². The highest BCUT2D eigenvalue weighted by atomic mass is 19.1. The first-order chi connectivity index (χ1) is 8.54. The molecule has 0 amide bonds. The highest BCUT2D eigenvalue weighted by Gasteiger charge is 2.07. The van der Waals surface area contributed by atoms with Crippen LogP contribution in [-0.2, 0) is 6.42 Å². The van der Waals surface area contributed by atoms with E-state index in [1.165, 1.54) is 12.1 Å². The first-order valence-corrected chi connectivity index (χ1v) is 5.80. The lowest BCUT2D eigenvalue weighted by Crippen LogP contribution is -2.15. The van der Waals surface area contributed by atoms with Crippen LogP contribution in [0.4, 0.5) is 8.78 Å². The SMILES string of the molecule is CC(N)CCc1ncc(-c2cc(F)cc(F)c2)[nH]1. The van der Waals surface area contributed by atoms with Gasteiger partial charge < -0.3 is 10.7 Å². The van der Waals surface area contributed by atoms with Gasteiger partial charge >= 0.3 is 0 Å². The molecule has 1 atom stereocenters. The molecule has 3 nitrogen and oxygen atoms in total. The molecule has 2 rings (SSSR count). The molecule has 1 unspecified atom stereocenters. The molecule has 0 saturated heterocycles. The summed E-state index contributed by atoms with van der Waals surface area (Å²) < 4.78 is 26.2. The Morgan fingerprint density at radius 2 is 1.94 bits per heavy atom. The third-order valence-electron chi connectivity index (χ3n) is 2.64. The summed E-state index contributed by atoms with van der Waals surface area (Å²) in [6.45, 7) is 1.92. The van der Waals surface area contributed by atoms with Crippen molar-refractivity contribution in [3.63, 3.8) is 0 Å². The van der Waals surface area contributed by atoms with E-state index in [1.54, 1.807) is 6.20 Å². The van der Waals surface area contributed by atoms with Crippen molar-refractivity contribution in [2.24, 2.45) is 5.73 Å². The molecule has 5 heteroatoms. The van der Waals surface area contributed by atoms with Gasteiger partial charge in [0.05, 0.1) is 11.9 Å². The fourth-order valence-electron chi connectivity index (χ4n) is 1.71. The summed E-state index contributed by atoms with van der Waals surface area (Å²) >= 11 is 0. The summed E-state index contributed by atoms with van der Waals surface area (Å²) in [4.78, 5) is 7.21. The Kier molecular flexibility index (Phi) is 3.72. The third kappa shape index (κ3) is 3.13. The fraction of sp³-hybridized carbons (Fsp3) is 0.308. The van der Waals surface area contributed by atoms with Gasteiger partial charge in [-0.2, -0.15) is 0 Å². The first kappa shape index (κ1) is 12.7. The molecule has 0 aliphatic carbocycles. The van der Waals surface area contributed by atoms with Gasteiger partial charge in [0, 0.05) is 24.1 Å². The maximum atomic E-state index is 13.1. The molecule has 1 aromatic carbocycles. The van der Waals surface area contributed by atoms with Crippen molar-refractivity contribution in [3.8, 4) is 11.3 Å². The van der Waals surface area contributed by atoms with Gasteiger partial charge in [0.1, 0.15) is 17.5 Å². The number of hydrogen-bond acceptors (Lipinski definition) is 2. The molecule has 3 N–H and O–H groups in total. The van der Waals surface area contributed by atoms with Gasteiger partial charge in [-0.15, -0.1) is 0 Å². The van der Waals surface area contributed by atoms with Crippen LogP contribution < -0.4 is 5.73 Å². The Hall–Kier alpha value is -1.75. The van der Waals surface area contributed by atoms with E-state index < -0.39 is 11.6 Å². The minimum Gasteiger partial charge on any atom is -0.342 e. The van der Waals surface area contributed by atoms with E-state index in [-0.39, 0.29) is 6.04 Å². The number of rotatable bonds is 4. The molecule has 0 spiro atoms. The molecule has 0 radical (unpaired) electrons. The topological polar surface area (TPSA) is 54.7 Å². The summed E-state index contributed by atoms with van der Waals surface area (Å²) in [5.74, 6) is -0.430. The quantitative estimate of drug-likeness (QED) is 0.877. The number of nitrogens with zero attached hydrogens (tertiary/aromatic N) is 1. The number of aromatic nitrogens is 2. The monoisotopic (exact) mass is 251 g/mol. The average molecular weight is 251 g/mol. The molecule has 0 aliphatic heterocycles. The fourth-order valence-corrected chi connectivity index (χ4v) is 1.71. The second-order valence-corrected chi connectivity index (χ2v) is 4.42. The molecule has 1 aromatic heterocycles. The molecule has 0 saturated carbocycles. The molecule has 0 bridgehead atoms. The summed E-state index contributed by atoms with van der Waals surface area (Å²) in [5.41, 5.74) is 6.71. The Labute approximate surface area is 104 Å². The van der Waals surface area contributed by atoms with Crippen LogP contribution in [0.2, 0.25) is 0 Å². The van der Waals surface area contributed by atoms with Crippen LogP contribution in [0, 0.1) is 11.6 Å². The standard InChI is InChI=1S/C13H15F2N3/c1-8(16)2-3-13-17-7-12(18-13)9-4-10(14)6-11(15)5-9/h4-8H,2-3,16H2,1H3,(H,17,18). The maximum Gasteiger partial charge on any atom is 0.126 e. The van der Waals surface area contributed by atoms with Crippen LogP contribution >= 0.6 is 0 Å². The van der Waals surface area contributed by atoms with Gasteiger partial charge in [-0.25, -0.2) is 13.8 Å². The number of nitrogens with two attached hydrogens (primary N) is 1. The van der Waals surface area contributed by atoms with Crippen molar-refractivity contribution < 1.29 is 8.78 Å². The second kappa shape index (κ2) is 5.27. The summed E-state index contributed by atoms with van der Waals surface area (Å²) in [7, 11) is 0. The lowest BCUT2D eigenvalue weighted by atomic mass is 10.1. The van der Waals surface area contributed by atoms with E-state index in [9.17, 15) is 8.78 Å². The Morgan fingerprint density at radius 3 is 2.56 bits per heavy atom. The number of nitrogens with one attached hydrogen (secondary N) is 1. The lowest BCUT2D eigenvalue weighted by molar-refractivity contribution is 0.584. The van der Waals surface area contributed by atoms with Crippen LogP contribution in [-0.4, -0.2) is 16.0 Å². The molecular formula is C13H15F2N3. The van der Waals surface area contributed by atoms with Crippen LogP contribution in [0.5, 0.6) is 0 Å². The molecule has 0 fully saturated rings. The van der Waals surface area contributed by atoms with Crippen molar-refractivity contribution in [1.82, 2.24) is 9.97 Å². The number of imidazole rings is 1. The predicted molar refractivity (Wildman–Crippen MR) is 65.9 cm³/mol. The summed E-state index contributed by atoms with van der Waals surface area (Å²) in [5, 5.41) is 0. The molecular weight excluding hydrogens is 236 g/mol. The number of aryl methyl sites for hydroxylation is 1. The molecule has 2 aromatic rings. The predicted octanol–water partition coefficient (Wildman–Crippen LogP) is 2.63. The molecule has 18 heavy (non-hydrogen) atoms. The van der Waals surface area contributed by atoms with E-state index in [2.05, 4.69) is 9.97 Å². The van der Waals surface area contributed by atoms with E-state index in [1.807, 2.05) is 6.92 Å². The van der Waals surface area contributed by atoms with Crippen LogP contribution in [0.25, 0.3) is 11.3 Å². The van der Waals surface area contributed by atoms with Gasteiger partial charge in [0.2, 0.25) is 0 Å². The minimum absolute atomic E-state index is 0.102. The summed E-state index contributed by atoms with van der Waals surface area (Å²) in [6.07, 6.45) is 3.10. The highest BCUT2D eigenvalue weighted by Crippen LogP contribution is 2.20. The Bertz CT molecular complexity index is 515.